The Labute approximate surface area is 268 Å². The van der Waals surface area contributed by atoms with Gasteiger partial charge in [0.1, 0.15) is 6.10 Å². The molecule has 3 heterocycles. The molecule has 0 aromatic rings. The second-order valence-electron chi connectivity index (χ2n) is 14.0. The smallest absolute Gasteiger partial charge is 0.334 e. The Morgan fingerprint density at radius 1 is 0.659 bits per heavy atom. The Hall–Kier alpha value is -0.990. The van der Waals surface area contributed by atoms with Gasteiger partial charge in [-0.25, -0.2) is 4.79 Å². The van der Waals surface area contributed by atoms with Gasteiger partial charge in [0, 0.05) is 5.57 Å². The number of carbonyl (C=O) groups excluding carboxylic acids is 1. The van der Waals surface area contributed by atoms with Crippen LogP contribution >= 0.6 is 0 Å². The van der Waals surface area contributed by atoms with E-state index in [0.717, 1.165) is 89.0 Å². The quantitative estimate of drug-likeness (QED) is 0.0703. The van der Waals surface area contributed by atoms with Crippen molar-refractivity contribution in [3.05, 3.63) is 11.6 Å². The number of hydrogen-bond donors (Lipinski definition) is 3. The Morgan fingerprint density at radius 3 is 1.75 bits per heavy atom. The van der Waals surface area contributed by atoms with Gasteiger partial charge in [-0.1, -0.05) is 96.8 Å². The van der Waals surface area contributed by atoms with Crippen LogP contribution in [-0.4, -0.2) is 70.1 Å². The molecule has 44 heavy (non-hydrogen) atoms. The van der Waals surface area contributed by atoms with Gasteiger partial charge in [-0.3, -0.25) is 0 Å². The molecule has 0 saturated carbocycles. The third-order valence-electron chi connectivity index (χ3n) is 10.1. The number of carbonyl (C=O) groups is 1. The van der Waals surface area contributed by atoms with Crippen LogP contribution in [0.15, 0.2) is 11.6 Å². The van der Waals surface area contributed by atoms with Gasteiger partial charge in [0.25, 0.3) is 0 Å². The van der Waals surface area contributed by atoms with Gasteiger partial charge in [-0.15, -0.1) is 0 Å². The molecule has 0 aliphatic carbocycles. The van der Waals surface area contributed by atoms with Crippen molar-refractivity contribution in [2.24, 2.45) is 0 Å². The van der Waals surface area contributed by atoms with Crippen molar-refractivity contribution in [2.45, 2.75) is 217 Å². The summed E-state index contributed by atoms with van der Waals surface area (Å²) in [5.74, 6) is -0.146. The van der Waals surface area contributed by atoms with E-state index in [1.54, 1.807) is 0 Å². The summed E-state index contributed by atoms with van der Waals surface area (Å²) in [6.07, 6.45) is 25.4. The van der Waals surface area contributed by atoms with Crippen molar-refractivity contribution in [3.8, 4) is 0 Å². The number of esters is 1. The highest BCUT2D eigenvalue weighted by Gasteiger charge is 2.36. The molecule has 2 saturated heterocycles. The van der Waals surface area contributed by atoms with Gasteiger partial charge < -0.3 is 29.5 Å². The molecule has 3 aliphatic heterocycles. The zero-order valence-electron chi connectivity index (χ0n) is 28.1. The maximum atomic E-state index is 11.7. The van der Waals surface area contributed by atoms with Crippen molar-refractivity contribution < 1.29 is 34.3 Å². The lowest BCUT2D eigenvalue weighted by Crippen LogP contribution is -2.33. The maximum absolute atomic E-state index is 11.7. The van der Waals surface area contributed by atoms with Gasteiger partial charge in [0.15, 0.2) is 0 Å². The van der Waals surface area contributed by atoms with Crippen LogP contribution in [0.3, 0.4) is 0 Å². The van der Waals surface area contributed by atoms with E-state index < -0.39 is 18.3 Å². The van der Waals surface area contributed by atoms with Crippen LogP contribution in [0.2, 0.25) is 0 Å². The van der Waals surface area contributed by atoms with Gasteiger partial charge >= 0.3 is 5.97 Å². The van der Waals surface area contributed by atoms with E-state index in [1.165, 1.54) is 57.8 Å². The predicted octanol–water partition coefficient (Wildman–Crippen LogP) is 7.86. The first-order chi connectivity index (χ1) is 21.4. The summed E-state index contributed by atoms with van der Waals surface area (Å²) in [6.45, 7) is 4.16. The van der Waals surface area contributed by atoms with Crippen molar-refractivity contribution in [3.63, 3.8) is 0 Å². The first-order valence-electron chi connectivity index (χ1n) is 18.6. The van der Waals surface area contributed by atoms with Crippen molar-refractivity contribution >= 4 is 5.97 Å². The van der Waals surface area contributed by atoms with Crippen LogP contribution in [-0.2, 0) is 19.0 Å². The van der Waals surface area contributed by atoms with E-state index in [-0.39, 0.29) is 36.5 Å². The van der Waals surface area contributed by atoms with Crippen molar-refractivity contribution in [2.75, 3.05) is 0 Å². The predicted molar refractivity (Wildman–Crippen MR) is 175 cm³/mol. The largest absolute Gasteiger partial charge is 0.455 e. The molecule has 7 heteroatoms. The fourth-order valence-corrected chi connectivity index (χ4v) is 7.26. The van der Waals surface area contributed by atoms with Gasteiger partial charge in [-0.2, -0.15) is 0 Å². The number of ether oxygens (including phenoxy) is 3. The van der Waals surface area contributed by atoms with E-state index in [0.29, 0.717) is 12.8 Å². The van der Waals surface area contributed by atoms with E-state index in [9.17, 15) is 20.1 Å². The first-order valence-corrected chi connectivity index (χ1v) is 18.6. The highest BCUT2D eigenvalue weighted by molar-refractivity contribution is 5.90. The lowest BCUT2D eigenvalue weighted by molar-refractivity contribution is -0.139. The summed E-state index contributed by atoms with van der Waals surface area (Å²) in [7, 11) is 0. The van der Waals surface area contributed by atoms with Crippen LogP contribution in [0.5, 0.6) is 0 Å². The molecular formula is C37H66O7. The summed E-state index contributed by atoms with van der Waals surface area (Å²) in [5.41, 5.74) is 0.836. The third kappa shape index (κ3) is 14.2. The normalized spacial score (nSPS) is 27.4. The average Bonchev–Trinajstić information content (AvgIpc) is 3.76. The molecule has 0 spiro atoms. The van der Waals surface area contributed by atoms with E-state index in [4.69, 9.17) is 14.2 Å². The minimum atomic E-state index is -0.615. The van der Waals surface area contributed by atoms with Gasteiger partial charge in [-0.05, 0) is 77.2 Å². The summed E-state index contributed by atoms with van der Waals surface area (Å²) < 4.78 is 17.4. The zero-order chi connectivity index (χ0) is 31.6. The molecule has 3 aliphatic rings. The molecule has 3 N–H and O–H groups in total. The second-order valence-corrected chi connectivity index (χ2v) is 14.0. The molecule has 256 valence electrons. The molecule has 2 unspecified atom stereocenters. The average molecular weight is 623 g/mol. The Balaban J connectivity index is 1.16. The molecule has 3 rings (SSSR count). The zero-order valence-corrected chi connectivity index (χ0v) is 28.1. The maximum Gasteiger partial charge on any atom is 0.334 e. The number of rotatable bonds is 25. The number of aliphatic hydroxyl groups is 3. The third-order valence-corrected chi connectivity index (χ3v) is 10.1. The highest BCUT2D eigenvalue weighted by atomic mass is 16.5. The van der Waals surface area contributed by atoms with Crippen LogP contribution in [0.1, 0.15) is 168 Å². The summed E-state index contributed by atoms with van der Waals surface area (Å²) in [6, 6.07) is 0. The minimum Gasteiger partial charge on any atom is -0.455 e. The Bertz CT molecular complexity index is 801. The van der Waals surface area contributed by atoms with Crippen LogP contribution in [0.4, 0.5) is 0 Å². The monoisotopic (exact) mass is 622 g/mol. The lowest BCUT2D eigenvalue weighted by atomic mass is 9.98. The van der Waals surface area contributed by atoms with Crippen LogP contribution in [0, 0.1) is 0 Å². The topological polar surface area (TPSA) is 105 Å². The summed E-state index contributed by atoms with van der Waals surface area (Å²) in [4.78, 5) is 11.7. The molecule has 0 amide bonds. The molecule has 8 atom stereocenters. The van der Waals surface area contributed by atoms with Gasteiger partial charge in [0.2, 0.25) is 0 Å². The fraction of sp³-hybridized carbons (Fsp3) is 0.919. The summed E-state index contributed by atoms with van der Waals surface area (Å²) in [5, 5.41) is 32.2. The Kier molecular flexibility index (Phi) is 18.5. The standard InChI is InChI=1S/C37H66O7/c1-3-4-5-6-7-8-9-10-14-17-20-31(38)35-25-26-36(44-35)33(40)23-22-32(39)34-24-21-30(43-34)19-16-13-11-12-15-18-29-27-28(2)42-37(29)41/h27-28,30-36,38-40H,3-26H2,1-2H3/t28-,30?,31-,32?,33+,34-,35+,36+/m0/s1. The molecule has 2 fully saturated rings. The highest BCUT2D eigenvalue weighted by Crippen LogP contribution is 2.31. The number of unbranched alkanes of at least 4 members (excludes halogenated alkanes) is 13. The molecule has 7 nitrogen and oxygen atoms in total. The molecular weight excluding hydrogens is 556 g/mol. The van der Waals surface area contributed by atoms with Crippen molar-refractivity contribution in [1.82, 2.24) is 0 Å². The van der Waals surface area contributed by atoms with E-state index >= 15 is 0 Å². The molecule has 0 radical (unpaired) electrons. The summed E-state index contributed by atoms with van der Waals surface area (Å²) >= 11 is 0. The second kappa shape index (κ2) is 21.7. The lowest BCUT2D eigenvalue weighted by Gasteiger charge is -2.24. The number of hydrogen-bond acceptors (Lipinski definition) is 7. The molecule has 0 aromatic heterocycles. The number of aliphatic hydroxyl groups excluding tert-OH is 3. The Morgan fingerprint density at radius 2 is 1.16 bits per heavy atom. The van der Waals surface area contributed by atoms with E-state index in [2.05, 4.69) is 6.92 Å². The number of cyclic esters (lactones) is 1. The minimum absolute atomic E-state index is 0.0748. The van der Waals surface area contributed by atoms with E-state index in [1.807, 2.05) is 13.0 Å². The van der Waals surface area contributed by atoms with Crippen LogP contribution in [0.25, 0.3) is 0 Å². The molecule has 0 aromatic carbocycles. The molecule has 0 bridgehead atoms. The fourth-order valence-electron chi connectivity index (χ4n) is 7.26. The van der Waals surface area contributed by atoms with Gasteiger partial charge in [0.05, 0.1) is 42.7 Å². The van der Waals surface area contributed by atoms with Crippen LogP contribution < -0.4 is 0 Å². The van der Waals surface area contributed by atoms with Crippen molar-refractivity contribution in [1.29, 1.82) is 0 Å². The SMILES string of the molecule is CCCCCCCCCCCC[C@H](O)[C@H]1CC[C@H]([C@H](O)CCC(O)[C@@H]2CCC(CCCCCCCC3=C[C@H](C)OC3=O)O2)O1. The first kappa shape index (κ1) is 37.5.